The normalized spacial score (nSPS) is 11.7. The van der Waals surface area contributed by atoms with Gasteiger partial charge < -0.3 is 0 Å². The van der Waals surface area contributed by atoms with Gasteiger partial charge in [0.2, 0.25) is 0 Å². The van der Waals surface area contributed by atoms with Crippen molar-refractivity contribution < 1.29 is 0 Å². The van der Waals surface area contributed by atoms with Crippen LogP contribution in [0.2, 0.25) is 0 Å². The molecule has 4 nitrogen and oxygen atoms in total. The molecule has 0 saturated heterocycles. The number of azo groups is 2. The quantitative estimate of drug-likeness (QED) is 0.255. The van der Waals surface area contributed by atoms with Crippen LogP contribution in [0.5, 0.6) is 0 Å². The van der Waals surface area contributed by atoms with E-state index in [0.29, 0.717) is 0 Å². The van der Waals surface area contributed by atoms with Gasteiger partial charge in [0.25, 0.3) is 0 Å². The van der Waals surface area contributed by atoms with E-state index in [4.69, 9.17) is 0 Å². The van der Waals surface area contributed by atoms with Crippen molar-refractivity contribution >= 4 is 33.5 Å². The van der Waals surface area contributed by atoms with E-state index >= 15 is 0 Å². The number of fused-ring (bicyclic) bond motifs is 1. The van der Waals surface area contributed by atoms with Crippen molar-refractivity contribution in [2.24, 2.45) is 20.5 Å². The van der Waals surface area contributed by atoms with Crippen LogP contribution in [0.15, 0.2) is 105 Å². The molecule has 0 bridgehead atoms. The number of aryl methyl sites for hydroxylation is 2. The zero-order chi connectivity index (χ0) is 22.2. The lowest BCUT2D eigenvalue weighted by Gasteiger charge is -2.01. The Morgan fingerprint density at radius 3 is 1.16 bits per heavy atom. The molecule has 32 heavy (non-hydrogen) atoms. The smallest absolute Gasteiger partial charge is 0.0863 e. The van der Waals surface area contributed by atoms with Gasteiger partial charge in [-0.3, -0.25) is 0 Å². The third-order valence-corrected chi connectivity index (χ3v) is 5.32. The summed E-state index contributed by atoms with van der Waals surface area (Å²) in [4.78, 5) is 0. The van der Waals surface area contributed by atoms with E-state index in [-0.39, 0.29) is 0 Å². The summed E-state index contributed by atoms with van der Waals surface area (Å²) in [7, 11) is 0. The van der Waals surface area contributed by atoms with Crippen molar-refractivity contribution in [1.82, 2.24) is 0 Å². The van der Waals surface area contributed by atoms with Crippen LogP contribution in [0.1, 0.15) is 37.8 Å². The summed E-state index contributed by atoms with van der Waals surface area (Å²) in [6.07, 6.45) is 4.48. The van der Waals surface area contributed by atoms with Crippen LogP contribution in [-0.2, 0) is 12.8 Å². The average Bonchev–Trinajstić information content (AvgIpc) is 2.83. The van der Waals surface area contributed by atoms with Crippen LogP contribution in [0.4, 0.5) is 22.7 Å². The van der Waals surface area contributed by atoms with Crippen molar-refractivity contribution in [3.63, 3.8) is 0 Å². The third kappa shape index (κ3) is 5.73. The largest absolute Gasteiger partial charge is 0.151 e. The van der Waals surface area contributed by atoms with Gasteiger partial charge >= 0.3 is 0 Å². The highest BCUT2D eigenvalue weighted by Gasteiger charge is 2.00. The Kier molecular flexibility index (Phi) is 7.13. The van der Waals surface area contributed by atoms with Gasteiger partial charge in [0, 0.05) is 0 Å². The summed E-state index contributed by atoms with van der Waals surface area (Å²) in [6, 6.07) is 28.7. The summed E-state index contributed by atoms with van der Waals surface area (Å²) in [5.41, 5.74) is 6.05. The van der Waals surface area contributed by atoms with Gasteiger partial charge in [0.05, 0.1) is 22.7 Å². The van der Waals surface area contributed by atoms with Gasteiger partial charge in [-0.15, -0.1) is 0 Å². The predicted molar refractivity (Wildman–Crippen MR) is 133 cm³/mol. The van der Waals surface area contributed by atoms with Crippen LogP contribution in [0.25, 0.3) is 10.8 Å². The lowest BCUT2D eigenvalue weighted by atomic mass is 10.1. The van der Waals surface area contributed by atoms with E-state index in [1.54, 1.807) is 0 Å². The Morgan fingerprint density at radius 1 is 0.438 bits per heavy atom. The number of hydrogen-bond acceptors (Lipinski definition) is 4. The van der Waals surface area contributed by atoms with Gasteiger partial charge in [-0.25, -0.2) is 0 Å². The minimum Gasteiger partial charge on any atom is -0.151 e. The molecular weight excluding hydrogens is 392 g/mol. The average molecular weight is 421 g/mol. The second-order valence-corrected chi connectivity index (χ2v) is 7.95. The highest BCUT2D eigenvalue weighted by molar-refractivity contribution is 5.87. The SMILES string of the molecule is CCCc1ccc(N=Nc2ccc3cc(N=Nc4ccc(CCC)cc4)ccc3c2)cc1. The Morgan fingerprint density at radius 2 is 0.781 bits per heavy atom. The maximum Gasteiger partial charge on any atom is 0.0863 e. The molecule has 0 fully saturated rings. The molecule has 0 radical (unpaired) electrons. The summed E-state index contributed by atoms with van der Waals surface area (Å²) < 4.78 is 0. The topological polar surface area (TPSA) is 49.4 Å². The number of benzene rings is 4. The van der Waals surface area contributed by atoms with Crippen molar-refractivity contribution in [2.75, 3.05) is 0 Å². The lowest BCUT2D eigenvalue weighted by molar-refractivity contribution is 0.921. The molecule has 0 spiro atoms. The maximum atomic E-state index is 4.40. The zero-order valence-corrected chi connectivity index (χ0v) is 18.7. The first kappa shape index (κ1) is 21.6. The standard InChI is InChI=1S/C28H28N4/c1-3-5-21-7-13-25(14-8-21)29-31-27-17-11-24-20-28(18-12-23(24)19-27)32-30-26-15-9-22(6-4-2)10-16-26/h7-20H,3-6H2,1-2H3. The molecule has 4 heteroatoms. The van der Waals surface area contributed by atoms with Crippen LogP contribution >= 0.6 is 0 Å². The fraction of sp³-hybridized carbons (Fsp3) is 0.214. The Bertz CT molecular complexity index is 1120. The lowest BCUT2D eigenvalue weighted by Crippen LogP contribution is -1.80. The molecule has 0 saturated carbocycles. The summed E-state index contributed by atoms with van der Waals surface area (Å²) in [5.74, 6) is 0. The minimum absolute atomic E-state index is 0.830. The van der Waals surface area contributed by atoms with Crippen LogP contribution < -0.4 is 0 Å². The molecular formula is C28H28N4. The fourth-order valence-corrected chi connectivity index (χ4v) is 3.61. The van der Waals surface area contributed by atoms with E-state index in [1.165, 1.54) is 11.1 Å². The number of nitrogens with zero attached hydrogens (tertiary/aromatic N) is 4. The van der Waals surface area contributed by atoms with Gasteiger partial charge in [-0.05, 0) is 83.3 Å². The predicted octanol–water partition coefficient (Wildman–Crippen LogP) is 9.58. The van der Waals surface area contributed by atoms with Crippen LogP contribution in [0.3, 0.4) is 0 Å². The summed E-state index contributed by atoms with van der Waals surface area (Å²) in [6.45, 7) is 4.37. The molecule has 0 heterocycles. The highest BCUT2D eigenvalue weighted by atomic mass is 15.1. The van der Waals surface area contributed by atoms with E-state index in [2.05, 4.69) is 58.6 Å². The maximum absolute atomic E-state index is 4.40. The molecule has 0 N–H and O–H groups in total. The van der Waals surface area contributed by atoms with Gasteiger partial charge in [0.1, 0.15) is 0 Å². The second kappa shape index (κ2) is 10.6. The van der Waals surface area contributed by atoms with Gasteiger partial charge in [-0.2, -0.15) is 20.5 Å². The van der Waals surface area contributed by atoms with Crippen LogP contribution in [-0.4, -0.2) is 0 Å². The van der Waals surface area contributed by atoms with Crippen LogP contribution in [0, 0.1) is 0 Å². The van der Waals surface area contributed by atoms with Crippen molar-refractivity contribution in [3.8, 4) is 0 Å². The first-order valence-corrected chi connectivity index (χ1v) is 11.3. The van der Waals surface area contributed by atoms with E-state index < -0.39 is 0 Å². The van der Waals surface area contributed by atoms with E-state index in [1.807, 2.05) is 60.7 Å². The van der Waals surface area contributed by atoms with Gasteiger partial charge in [0.15, 0.2) is 0 Å². The number of rotatable bonds is 8. The molecule has 4 aromatic rings. The van der Waals surface area contributed by atoms with Crippen molar-refractivity contribution in [3.05, 3.63) is 96.1 Å². The molecule has 0 aliphatic carbocycles. The number of hydrogen-bond donors (Lipinski definition) is 0. The molecule has 4 aromatic carbocycles. The van der Waals surface area contributed by atoms with Crippen molar-refractivity contribution in [2.45, 2.75) is 39.5 Å². The highest BCUT2D eigenvalue weighted by Crippen LogP contribution is 2.28. The van der Waals surface area contributed by atoms with E-state index in [9.17, 15) is 0 Å². The molecule has 0 amide bonds. The molecule has 0 aliphatic heterocycles. The third-order valence-electron chi connectivity index (χ3n) is 5.32. The Labute approximate surface area is 189 Å². The first-order chi connectivity index (χ1) is 15.7. The Balaban J connectivity index is 1.45. The molecule has 0 aliphatic rings. The molecule has 0 unspecified atom stereocenters. The minimum atomic E-state index is 0.830. The molecule has 0 atom stereocenters. The van der Waals surface area contributed by atoms with Gasteiger partial charge in [-0.1, -0.05) is 63.1 Å². The van der Waals surface area contributed by atoms with Crippen molar-refractivity contribution in [1.29, 1.82) is 0 Å². The zero-order valence-electron chi connectivity index (χ0n) is 18.7. The fourth-order valence-electron chi connectivity index (χ4n) is 3.61. The summed E-state index contributed by atoms with van der Waals surface area (Å²) in [5, 5.41) is 19.8. The monoisotopic (exact) mass is 420 g/mol. The molecule has 0 aromatic heterocycles. The Hall–Kier alpha value is -3.66. The molecule has 4 rings (SSSR count). The molecule has 160 valence electrons. The second-order valence-electron chi connectivity index (χ2n) is 7.95. The first-order valence-electron chi connectivity index (χ1n) is 11.3. The summed E-state index contributed by atoms with van der Waals surface area (Å²) >= 11 is 0. The van der Waals surface area contributed by atoms with E-state index in [0.717, 1.165) is 59.2 Å².